The van der Waals surface area contributed by atoms with Crippen molar-refractivity contribution in [3.63, 3.8) is 0 Å². The third-order valence-electron chi connectivity index (χ3n) is 3.85. The number of carbonyl (C=O) groups excluding carboxylic acids is 2. The van der Waals surface area contributed by atoms with E-state index in [2.05, 4.69) is 0 Å². The Morgan fingerprint density at radius 1 is 1.14 bits per heavy atom. The molecule has 2 rings (SSSR count). The maximum absolute atomic E-state index is 13.5. The molecule has 1 aliphatic heterocycles. The van der Waals surface area contributed by atoms with Crippen LogP contribution in [0.15, 0.2) is 24.3 Å². The normalized spacial score (nSPS) is 15.4. The Kier molecular flexibility index (Phi) is 5.75. The highest BCUT2D eigenvalue weighted by molar-refractivity contribution is 5.76. The summed E-state index contributed by atoms with van der Waals surface area (Å²) in [6, 6.07) is 6.50. The van der Waals surface area contributed by atoms with Crippen molar-refractivity contribution in [1.29, 1.82) is 0 Å². The molecule has 1 heterocycles. The van der Waals surface area contributed by atoms with Gasteiger partial charge in [-0.2, -0.15) is 0 Å². The van der Waals surface area contributed by atoms with Crippen LogP contribution in [0.3, 0.4) is 0 Å². The van der Waals surface area contributed by atoms with Gasteiger partial charge >= 0.3 is 6.09 Å². The lowest BCUT2D eigenvalue weighted by Gasteiger charge is -2.21. The first-order valence-electron chi connectivity index (χ1n) is 7.46. The number of hydrogen-bond acceptors (Lipinski definition) is 3. The number of methoxy groups -OCH3 is 1. The minimum atomic E-state index is -0.361. The van der Waals surface area contributed by atoms with Crippen LogP contribution in [0.1, 0.15) is 18.4 Å². The first-order valence-corrected chi connectivity index (χ1v) is 7.46. The highest BCUT2D eigenvalue weighted by atomic mass is 19.1. The van der Waals surface area contributed by atoms with Gasteiger partial charge in [0.15, 0.2) is 0 Å². The zero-order valence-corrected chi connectivity index (χ0v) is 12.8. The lowest BCUT2D eigenvalue weighted by atomic mass is 10.1. The largest absolute Gasteiger partial charge is 0.453 e. The van der Waals surface area contributed by atoms with E-state index in [9.17, 15) is 14.0 Å². The molecule has 0 atom stereocenters. The van der Waals surface area contributed by atoms with Crippen molar-refractivity contribution in [3.05, 3.63) is 35.6 Å². The van der Waals surface area contributed by atoms with Gasteiger partial charge in [0.05, 0.1) is 7.11 Å². The first-order chi connectivity index (χ1) is 10.6. The number of aryl methyl sites for hydroxylation is 1. The van der Waals surface area contributed by atoms with Gasteiger partial charge in [-0.1, -0.05) is 18.2 Å². The number of ether oxygens (including phenoxy) is 1. The maximum atomic E-state index is 13.5. The van der Waals surface area contributed by atoms with Crippen LogP contribution in [-0.2, 0) is 16.0 Å². The molecule has 0 N–H and O–H groups in total. The van der Waals surface area contributed by atoms with Gasteiger partial charge < -0.3 is 14.5 Å². The van der Waals surface area contributed by atoms with Gasteiger partial charge in [0.1, 0.15) is 5.82 Å². The molecule has 1 aliphatic rings. The van der Waals surface area contributed by atoms with Crippen molar-refractivity contribution in [1.82, 2.24) is 9.80 Å². The Morgan fingerprint density at radius 2 is 1.82 bits per heavy atom. The smallest absolute Gasteiger partial charge is 0.409 e. The fourth-order valence-corrected chi connectivity index (χ4v) is 2.58. The molecule has 120 valence electrons. The topological polar surface area (TPSA) is 49.9 Å². The Morgan fingerprint density at radius 3 is 2.55 bits per heavy atom. The van der Waals surface area contributed by atoms with E-state index >= 15 is 0 Å². The van der Waals surface area contributed by atoms with Gasteiger partial charge in [0, 0.05) is 32.6 Å². The minimum absolute atomic E-state index is 0.00466. The Hall–Kier alpha value is -2.11. The molecule has 6 heteroatoms. The lowest BCUT2D eigenvalue weighted by molar-refractivity contribution is -0.131. The van der Waals surface area contributed by atoms with Crippen molar-refractivity contribution in [2.75, 3.05) is 33.3 Å². The average Bonchev–Trinajstić information content (AvgIpc) is 2.79. The number of amides is 2. The monoisotopic (exact) mass is 308 g/mol. The number of nitrogens with zero attached hydrogens (tertiary/aromatic N) is 2. The SMILES string of the molecule is COC(=O)N1CCCN(C(=O)CCc2ccccc2F)CC1. The fourth-order valence-electron chi connectivity index (χ4n) is 2.58. The summed E-state index contributed by atoms with van der Waals surface area (Å²) in [4.78, 5) is 27.1. The minimum Gasteiger partial charge on any atom is -0.453 e. The molecule has 0 aliphatic carbocycles. The van der Waals surface area contributed by atoms with Gasteiger partial charge in [0.2, 0.25) is 5.91 Å². The summed E-state index contributed by atoms with van der Waals surface area (Å²) in [5, 5.41) is 0. The molecule has 2 amide bonds. The number of benzene rings is 1. The van der Waals surface area contributed by atoms with Crippen molar-refractivity contribution >= 4 is 12.0 Å². The van der Waals surface area contributed by atoms with Crippen molar-refractivity contribution in [3.8, 4) is 0 Å². The summed E-state index contributed by atoms with van der Waals surface area (Å²) in [7, 11) is 1.35. The van der Waals surface area contributed by atoms with E-state index in [4.69, 9.17) is 4.74 Å². The van der Waals surface area contributed by atoms with E-state index in [1.165, 1.54) is 13.2 Å². The summed E-state index contributed by atoms with van der Waals surface area (Å²) in [6.07, 6.45) is 1.03. The average molecular weight is 308 g/mol. The second kappa shape index (κ2) is 7.77. The summed E-state index contributed by atoms with van der Waals surface area (Å²) >= 11 is 0. The third-order valence-corrected chi connectivity index (χ3v) is 3.85. The first kappa shape index (κ1) is 16.3. The molecule has 0 unspecified atom stereocenters. The molecule has 0 saturated carbocycles. The zero-order valence-electron chi connectivity index (χ0n) is 12.8. The standard InChI is InChI=1S/C16H21FN2O3/c1-22-16(21)19-10-4-9-18(11-12-19)15(20)8-7-13-5-2-3-6-14(13)17/h2-3,5-6H,4,7-12H2,1H3. The number of halogens is 1. The van der Waals surface area contributed by atoms with Crippen molar-refractivity contribution < 1.29 is 18.7 Å². The van der Waals surface area contributed by atoms with Crippen molar-refractivity contribution in [2.24, 2.45) is 0 Å². The summed E-state index contributed by atoms with van der Waals surface area (Å²) in [5.74, 6) is -0.280. The summed E-state index contributed by atoms with van der Waals surface area (Å²) in [6.45, 7) is 2.16. The number of carbonyl (C=O) groups is 2. The predicted octanol–water partition coefficient (Wildman–Crippen LogP) is 2.06. The maximum Gasteiger partial charge on any atom is 0.409 e. The molecule has 0 aromatic heterocycles. The summed E-state index contributed by atoms with van der Waals surface area (Å²) < 4.78 is 18.2. The number of hydrogen-bond donors (Lipinski definition) is 0. The van der Waals surface area contributed by atoms with E-state index in [0.29, 0.717) is 38.2 Å². The molecular formula is C16H21FN2O3. The van der Waals surface area contributed by atoms with Crippen LogP contribution in [0.25, 0.3) is 0 Å². The molecule has 1 saturated heterocycles. The molecule has 22 heavy (non-hydrogen) atoms. The predicted molar refractivity (Wildman–Crippen MR) is 79.9 cm³/mol. The van der Waals surface area contributed by atoms with E-state index in [-0.39, 0.29) is 24.2 Å². The molecule has 1 aromatic carbocycles. The van der Waals surface area contributed by atoms with E-state index in [0.717, 1.165) is 6.42 Å². The molecule has 0 radical (unpaired) electrons. The van der Waals surface area contributed by atoms with Gasteiger partial charge in [0.25, 0.3) is 0 Å². The highest BCUT2D eigenvalue weighted by Crippen LogP contribution is 2.11. The number of rotatable bonds is 3. The second-order valence-electron chi connectivity index (χ2n) is 5.28. The second-order valence-corrected chi connectivity index (χ2v) is 5.28. The zero-order chi connectivity index (χ0) is 15.9. The third kappa shape index (κ3) is 4.19. The van der Waals surface area contributed by atoms with Crippen LogP contribution in [0.2, 0.25) is 0 Å². The molecule has 1 fully saturated rings. The van der Waals surface area contributed by atoms with Crippen LogP contribution >= 0.6 is 0 Å². The quantitative estimate of drug-likeness (QED) is 0.859. The fraction of sp³-hybridized carbons (Fsp3) is 0.500. The van der Waals surface area contributed by atoms with Crippen LogP contribution in [0.5, 0.6) is 0 Å². The molecule has 0 spiro atoms. The highest BCUT2D eigenvalue weighted by Gasteiger charge is 2.22. The molecule has 0 bridgehead atoms. The molecule has 5 nitrogen and oxygen atoms in total. The van der Waals surface area contributed by atoms with Crippen LogP contribution in [-0.4, -0.2) is 55.1 Å². The Labute approximate surface area is 129 Å². The Balaban J connectivity index is 1.85. The van der Waals surface area contributed by atoms with Gasteiger partial charge in [-0.15, -0.1) is 0 Å². The van der Waals surface area contributed by atoms with Crippen molar-refractivity contribution in [2.45, 2.75) is 19.3 Å². The van der Waals surface area contributed by atoms with Crippen LogP contribution in [0.4, 0.5) is 9.18 Å². The molecular weight excluding hydrogens is 287 g/mol. The Bertz CT molecular complexity index is 536. The summed E-state index contributed by atoms with van der Waals surface area (Å²) in [5.41, 5.74) is 0.557. The van der Waals surface area contributed by atoms with Gasteiger partial charge in [-0.25, -0.2) is 9.18 Å². The van der Waals surface area contributed by atoms with Crippen LogP contribution < -0.4 is 0 Å². The van der Waals surface area contributed by atoms with Gasteiger partial charge in [-0.05, 0) is 24.5 Å². The van der Waals surface area contributed by atoms with E-state index in [1.54, 1.807) is 28.0 Å². The molecule has 1 aromatic rings. The van der Waals surface area contributed by atoms with E-state index in [1.807, 2.05) is 0 Å². The van der Waals surface area contributed by atoms with Gasteiger partial charge in [-0.3, -0.25) is 4.79 Å². The van der Waals surface area contributed by atoms with Crippen LogP contribution in [0, 0.1) is 5.82 Å². The van der Waals surface area contributed by atoms with E-state index < -0.39 is 0 Å². The lowest BCUT2D eigenvalue weighted by Crippen LogP contribution is -2.37.